The van der Waals surface area contributed by atoms with Crippen molar-refractivity contribution in [3.05, 3.63) is 10.6 Å². The normalized spacial score (nSPS) is 19.2. The third-order valence-electron chi connectivity index (χ3n) is 3.95. The molecule has 0 saturated heterocycles. The van der Waals surface area contributed by atoms with Gasteiger partial charge < -0.3 is 10.2 Å². The second-order valence-corrected chi connectivity index (χ2v) is 7.50. The molecule has 2 fully saturated rings. The lowest BCUT2D eigenvalue weighted by molar-refractivity contribution is 0.680. The highest BCUT2D eigenvalue weighted by molar-refractivity contribution is 7.15. The Bertz CT molecular complexity index is 433. The first-order valence-corrected chi connectivity index (χ1v) is 8.39. The average Bonchev–Trinajstić information content (AvgIpc) is 3.27. The van der Waals surface area contributed by atoms with Crippen LogP contribution in [0.1, 0.15) is 56.0 Å². The minimum atomic E-state index is 0.523. The molecule has 0 amide bonds. The van der Waals surface area contributed by atoms with E-state index in [0.717, 1.165) is 18.5 Å². The zero-order valence-corrected chi connectivity index (χ0v) is 13.1. The molecule has 1 aromatic rings. The minimum Gasteiger partial charge on any atom is -0.351 e. The summed E-state index contributed by atoms with van der Waals surface area (Å²) in [6, 6.07) is 0.773. The second-order valence-electron chi connectivity index (χ2n) is 6.44. The molecule has 0 unspecified atom stereocenters. The Morgan fingerprint density at radius 2 is 2.05 bits per heavy atom. The van der Waals surface area contributed by atoms with Crippen molar-refractivity contribution in [2.24, 2.45) is 5.92 Å². The van der Waals surface area contributed by atoms with Gasteiger partial charge in [-0.1, -0.05) is 13.8 Å². The topological polar surface area (TPSA) is 28.2 Å². The highest BCUT2D eigenvalue weighted by Gasteiger charge is 2.26. The van der Waals surface area contributed by atoms with E-state index in [-0.39, 0.29) is 0 Å². The summed E-state index contributed by atoms with van der Waals surface area (Å²) in [5.41, 5.74) is 1.30. The molecule has 106 valence electrons. The van der Waals surface area contributed by atoms with Crippen LogP contribution in [-0.2, 0) is 6.54 Å². The summed E-state index contributed by atoms with van der Waals surface area (Å²) in [5, 5.41) is 4.84. The third kappa shape index (κ3) is 3.48. The zero-order valence-electron chi connectivity index (χ0n) is 12.3. The van der Waals surface area contributed by atoms with E-state index in [1.54, 1.807) is 0 Å². The van der Waals surface area contributed by atoms with E-state index in [0.29, 0.717) is 5.92 Å². The van der Waals surface area contributed by atoms with Gasteiger partial charge in [0.25, 0.3) is 0 Å². The van der Waals surface area contributed by atoms with Crippen LogP contribution in [0.4, 0.5) is 5.13 Å². The van der Waals surface area contributed by atoms with E-state index in [9.17, 15) is 0 Å². The molecule has 0 spiro atoms. The molecule has 1 N–H and O–H groups in total. The minimum absolute atomic E-state index is 0.523. The molecule has 4 heteroatoms. The van der Waals surface area contributed by atoms with Crippen molar-refractivity contribution >= 4 is 16.5 Å². The van der Waals surface area contributed by atoms with Crippen molar-refractivity contribution in [1.82, 2.24) is 10.3 Å². The maximum atomic E-state index is 4.89. The van der Waals surface area contributed by atoms with Gasteiger partial charge in [-0.15, -0.1) is 11.3 Å². The van der Waals surface area contributed by atoms with Gasteiger partial charge in [-0.05, 0) is 37.5 Å². The van der Waals surface area contributed by atoms with E-state index < -0.39 is 0 Å². The predicted octanol–water partition coefficient (Wildman–Crippen LogP) is 3.36. The molecular weight excluding hydrogens is 254 g/mol. The van der Waals surface area contributed by atoms with Gasteiger partial charge in [-0.25, -0.2) is 4.98 Å². The van der Waals surface area contributed by atoms with Crippen molar-refractivity contribution in [2.75, 3.05) is 18.5 Å². The SMILES string of the molecule is CC(C)c1nc(N(C)CC2CC2)sc1CNC1CC1. The fraction of sp³-hybridized carbons (Fsp3) is 0.800. The van der Waals surface area contributed by atoms with Crippen LogP contribution in [0.5, 0.6) is 0 Å². The molecule has 0 radical (unpaired) electrons. The molecule has 3 nitrogen and oxygen atoms in total. The van der Waals surface area contributed by atoms with Crippen LogP contribution in [0, 0.1) is 5.92 Å². The summed E-state index contributed by atoms with van der Waals surface area (Å²) >= 11 is 1.89. The number of anilines is 1. The van der Waals surface area contributed by atoms with E-state index in [1.165, 1.54) is 47.9 Å². The largest absolute Gasteiger partial charge is 0.351 e. The number of rotatable bonds is 7. The van der Waals surface area contributed by atoms with Crippen LogP contribution in [-0.4, -0.2) is 24.6 Å². The van der Waals surface area contributed by atoms with Crippen LogP contribution in [0.25, 0.3) is 0 Å². The summed E-state index contributed by atoms with van der Waals surface area (Å²) in [4.78, 5) is 8.69. The summed E-state index contributed by atoms with van der Waals surface area (Å²) in [7, 11) is 2.19. The van der Waals surface area contributed by atoms with Gasteiger partial charge in [0.15, 0.2) is 5.13 Å². The molecule has 1 heterocycles. The van der Waals surface area contributed by atoms with Gasteiger partial charge in [0.2, 0.25) is 0 Å². The second kappa shape index (κ2) is 5.41. The van der Waals surface area contributed by atoms with Crippen LogP contribution < -0.4 is 10.2 Å². The molecule has 3 rings (SSSR count). The van der Waals surface area contributed by atoms with Crippen LogP contribution in [0.2, 0.25) is 0 Å². The maximum absolute atomic E-state index is 4.89. The number of hydrogen-bond acceptors (Lipinski definition) is 4. The zero-order chi connectivity index (χ0) is 13.4. The number of aromatic nitrogens is 1. The van der Waals surface area contributed by atoms with E-state index >= 15 is 0 Å². The Labute approximate surface area is 120 Å². The Kier molecular flexibility index (Phi) is 3.81. The molecule has 2 saturated carbocycles. The van der Waals surface area contributed by atoms with Crippen LogP contribution in [0.15, 0.2) is 0 Å². The van der Waals surface area contributed by atoms with Crippen LogP contribution >= 0.6 is 11.3 Å². The monoisotopic (exact) mass is 279 g/mol. The van der Waals surface area contributed by atoms with Crippen LogP contribution in [0.3, 0.4) is 0 Å². The lowest BCUT2D eigenvalue weighted by atomic mass is 10.1. The van der Waals surface area contributed by atoms with E-state index in [2.05, 4.69) is 31.1 Å². The summed E-state index contributed by atoms with van der Waals surface area (Å²) < 4.78 is 0. The lowest BCUT2D eigenvalue weighted by Crippen LogP contribution is -2.19. The molecule has 2 aliphatic carbocycles. The van der Waals surface area contributed by atoms with Gasteiger partial charge in [-0.2, -0.15) is 0 Å². The van der Waals surface area contributed by atoms with Crippen molar-refractivity contribution in [2.45, 2.75) is 58.0 Å². The highest BCUT2D eigenvalue weighted by atomic mass is 32.1. The molecule has 19 heavy (non-hydrogen) atoms. The number of thiazole rings is 1. The molecule has 0 bridgehead atoms. The van der Waals surface area contributed by atoms with Gasteiger partial charge in [-0.3, -0.25) is 0 Å². The smallest absolute Gasteiger partial charge is 0.185 e. The fourth-order valence-corrected chi connectivity index (χ4v) is 3.52. The summed E-state index contributed by atoms with van der Waals surface area (Å²) in [6.45, 7) is 6.69. The molecule has 0 atom stereocenters. The Morgan fingerprint density at radius 1 is 1.32 bits per heavy atom. The number of nitrogens with one attached hydrogen (secondary N) is 1. The molecule has 1 aromatic heterocycles. The predicted molar refractivity (Wildman–Crippen MR) is 82.1 cm³/mol. The first kappa shape index (κ1) is 13.4. The highest BCUT2D eigenvalue weighted by Crippen LogP contribution is 2.35. The average molecular weight is 279 g/mol. The molecule has 0 aliphatic heterocycles. The van der Waals surface area contributed by atoms with Crippen molar-refractivity contribution in [3.8, 4) is 0 Å². The van der Waals surface area contributed by atoms with Gasteiger partial charge >= 0.3 is 0 Å². The van der Waals surface area contributed by atoms with E-state index in [4.69, 9.17) is 4.98 Å². The first-order valence-electron chi connectivity index (χ1n) is 7.57. The van der Waals surface area contributed by atoms with Crippen molar-refractivity contribution < 1.29 is 0 Å². The third-order valence-corrected chi connectivity index (χ3v) is 5.13. The maximum Gasteiger partial charge on any atom is 0.185 e. The van der Waals surface area contributed by atoms with Gasteiger partial charge in [0.05, 0.1) is 5.69 Å². The summed E-state index contributed by atoms with van der Waals surface area (Å²) in [5.74, 6) is 1.44. The molecule has 2 aliphatic rings. The van der Waals surface area contributed by atoms with Crippen molar-refractivity contribution in [1.29, 1.82) is 0 Å². The van der Waals surface area contributed by atoms with Crippen molar-refractivity contribution in [3.63, 3.8) is 0 Å². The Balaban J connectivity index is 1.69. The Morgan fingerprint density at radius 3 is 2.63 bits per heavy atom. The van der Waals surface area contributed by atoms with Gasteiger partial charge in [0, 0.05) is 31.1 Å². The Hall–Kier alpha value is -0.610. The quantitative estimate of drug-likeness (QED) is 0.829. The first-order chi connectivity index (χ1) is 9.13. The molecule has 0 aromatic carbocycles. The van der Waals surface area contributed by atoms with E-state index in [1.807, 2.05) is 11.3 Å². The standard InChI is InChI=1S/C15H25N3S/c1-10(2)14-13(8-16-12-6-7-12)19-15(17-14)18(3)9-11-4-5-11/h10-12,16H,4-9H2,1-3H3. The number of hydrogen-bond donors (Lipinski definition) is 1. The number of nitrogens with zero attached hydrogens (tertiary/aromatic N) is 2. The summed E-state index contributed by atoms with van der Waals surface area (Å²) in [6.07, 6.45) is 5.51. The van der Waals surface area contributed by atoms with Gasteiger partial charge in [0.1, 0.15) is 0 Å². The fourth-order valence-electron chi connectivity index (χ4n) is 2.38. The molecular formula is C15H25N3S. The lowest BCUT2D eigenvalue weighted by Gasteiger charge is -2.14.